The molecule has 118 valence electrons. The van der Waals surface area contributed by atoms with Crippen molar-refractivity contribution in [1.29, 1.82) is 0 Å². The van der Waals surface area contributed by atoms with Crippen LogP contribution in [0.5, 0.6) is 0 Å². The van der Waals surface area contributed by atoms with E-state index in [2.05, 4.69) is 9.71 Å². The van der Waals surface area contributed by atoms with Gasteiger partial charge in [-0.25, -0.2) is 13.4 Å². The molecular weight excluding hydrogens is 328 g/mol. The summed E-state index contributed by atoms with van der Waals surface area (Å²) >= 11 is 1.54. The van der Waals surface area contributed by atoms with Crippen LogP contribution in [-0.2, 0) is 10.0 Å². The minimum Gasteiger partial charge on any atom is -0.280 e. The summed E-state index contributed by atoms with van der Waals surface area (Å²) in [6, 6.07) is 14.2. The standard InChI is InChI=1S/C17H16N2O2S2/c1-12-8-9-14(16-11-22-13(2)18-16)10-17(12)23(20,21)19-15-6-4-3-5-7-15/h3-11,19H,1-2H3. The summed E-state index contributed by atoms with van der Waals surface area (Å²) < 4.78 is 28.0. The fourth-order valence-electron chi connectivity index (χ4n) is 2.26. The van der Waals surface area contributed by atoms with E-state index in [1.54, 1.807) is 48.6 Å². The molecule has 0 amide bonds. The van der Waals surface area contributed by atoms with Crippen LogP contribution in [-0.4, -0.2) is 13.4 Å². The van der Waals surface area contributed by atoms with E-state index in [-0.39, 0.29) is 4.90 Å². The molecule has 1 heterocycles. The zero-order chi connectivity index (χ0) is 16.4. The van der Waals surface area contributed by atoms with Crippen molar-refractivity contribution in [2.45, 2.75) is 18.7 Å². The van der Waals surface area contributed by atoms with Crippen molar-refractivity contribution in [3.8, 4) is 11.3 Å². The summed E-state index contributed by atoms with van der Waals surface area (Å²) in [5.41, 5.74) is 2.84. The SMILES string of the molecule is Cc1nc(-c2ccc(C)c(S(=O)(=O)Nc3ccccc3)c2)cs1. The monoisotopic (exact) mass is 344 g/mol. The fourth-order valence-corrected chi connectivity index (χ4v) is 4.21. The van der Waals surface area contributed by atoms with Crippen molar-refractivity contribution in [1.82, 2.24) is 4.98 Å². The van der Waals surface area contributed by atoms with Gasteiger partial charge in [-0.15, -0.1) is 11.3 Å². The molecule has 2 aromatic carbocycles. The van der Waals surface area contributed by atoms with Crippen molar-refractivity contribution in [2.24, 2.45) is 0 Å². The van der Waals surface area contributed by atoms with Crippen LogP contribution in [0, 0.1) is 13.8 Å². The number of hydrogen-bond donors (Lipinski definition) is 1. The Morgan fingerprint density at radius 1 is 1.04 bits per heavy atom. The Labute approximate surface area is 139 Å². The fraction of sp³-hybridized carbons (Fsp3) is 0.118. The Balaban J connectivity index is 2.01. The van der Waals surface area contributed by atoms with E-state index in [9.17, 15) is 8.42 Å². The summed E-state index contributed by atoms with van der Waals surface area (Å²) in [4.78, 5) is 4.69. The lowest BCUT2D eigenvalue weighted by atomic mass is 10.1. The zero-order valence-corrected chi connectivity index (χ0v) is 14.4. The van der Waals surface area contributed by atoms with Crippen LogP contribution in [0.15, 0.2) is 58.8 Å². The molecule has 0 saturated heterocycles. The highest BCUT2D eigenvalue weighted by atomic mass is 32.2. The molecule has 0 spiro atoms. The largest absolute Gasteiger partial charge is 0.280 e. The number of nitrogens with one attached hydrogen (secondary N) is 1. The first kappa shape index (κ1) is 15.7. The van der Waals surface area contributed by atoms with Gasteiger partial charge in [0.25, 0.3) is 10.0 Å². The van der Waals surface area contributed by atoms with Gasteiger partial charge in [-0.2, -0.15) is 0 Å². The van der Waals surface area contributed by atoms with Gasteiger partial charge in [0.1, 0.15) is 0 Å². The van der Waals surface area contributed by atoms with E-state index in [1.807, 2.05) is 30.5 Å². The second-order valence-corrected chi connectivity index (χ2v) is 7.92. The first-order valence-electron chi connectivity index (χ1n) is 7.07. The summed E-state index contributed by atoms with van der Waals surface area (Å²) in [6.07, 6.45) is 0. The second-order valence-electron chi connectivity index (χ2n) is 5.20. The lowest BCUT2D eigenvalue weighted by Gasteiger charge is -2.11. The number of thiazole rings is 1. The smallest absolute Gasteiger partial charge is 0.262 e. The molecule has 4 nitrogen and oxygen atoms in total. The Morgan fingerprint density at radius 2 is 1.78 bits per heavy atom. The lowest BCUT2D eigenvalue weighted by Crippen LogP contribution is -2.14. The number of anilines is 1. The van der Waals surface area contributed by atoms with Crippen molar-refractivity contribution in [2.75, 3.05) is 4.72 Å². The van der Waals surface area contributed by atoms with Gasteiger partial charge in [0, 0.05) is 16.6 Å². The van der Waals surface area contributed by atoms with E-state index in [0.29, 0.717) is 11.3 Å². The molecule has 0 fully saturated rings. The first-order chi connectivity index (χ1) is 11.0. The van der Waals surface area contributed by atoms with E-state index in [4.69, 9.17) is 0 Å². The average Bonchev–Trinajstić information content (AvgIpc) is 2.94. The Hall–Kier alpha value is -2.18. The Bertz CT molecular complexity index is 932. The molecule has 3 rings (SSSR count). The van der Waals surface area contributed by atoms with Crippen LogP contribution in [0.3, 0.4) is 0 Å². The van der Waals surface area contributed by atoms with Crippen molar-refractivity contribution >= 4 is 27.0 Å². The number of nitrogens with zero attached hydrogens (tertiary/aromatic N) is 1. The maximum absolute atomic E-state index is 12.7. The van der Waals surface area contributed by atoms with Crippen LogP contribution in [0.1, 0.15) is 10.6 Å². The van der Waals surface area contributed by atoms with Crippen LogP contribution < -0.4 is 4.72 Å². The van der Waals surface area contributed by atoms with Gasteiger partial charge in [-0.1, -0.05) is 30.3 Å². The molecule has 0 radical (unpaired) electrons. The van der Waals surface area contributed by atoms with Crippen LogP contribution in [0.2, 0.25) is 0 Å². The van der Waals surface area contributed by atoms with Crippen molar-refractivity contribution in [3.05, 3.63) is 64.5 Å². The lowest BCUT2D eigenvalue weighted by molar-refractivity contribution is 0.600. The third-order valence-electron chi connectivity index (χ3n) is 3.42. The maximum atomic E-state index is 12.7. The molecule has 0 bridgehead atoms. The topological polar surface area (TPSA) is 59.1 Å². The predicted molar refractivity (Wildman–Crippen MR) is 94.3 cm³/mol. The van der Waals surface area contributed by atoms with Gasteiger partial charge in [0.05, 0.1) is 15.6 Å². The van der Waals surface area contributed by atoms with Gasteiger partial charge in [-0.3, -0.25) is 4.72 Å². The van der Waals surface area contributed by atoms with E-state index in [1.165, 1.54) is 0 Å². The number of para-hydroxylation sites is 1. The van der Waals surface area contributed by atoms with Crippen LogP contribution >= 0.6 is 11.3 Å². The number of sulfonamides is 1. The van der Waals surface area contributed by atoms with E-state index in [0.717, 1.165) is 16.3 Å². The third-order valence-corrected chi connectivity index (χ3v) is 5.72. The van der Waals surface area contributed by atoms with Gasteiger partial charge < -0.3 is 0 Å². The molecule has 0 unspecified atom stereocenters. The molecule has 1 aromatic heterocycles. The Kier molecular flexibility index (Phi) is 4.19. The first-order valence-corrected chi connectivity index (χ1v) is 9.43. The van der Waals surface area contributed by atoms with Crippen LogP contribution in [0.25, 0.3) is 11.3 Å². The highest BCUT2D eigenvalue weighted by molar-refractivity contribution is 7.92. The molecule has 0 saturated carbocycles. The van der Waals surface area contributed by atoms with Crippen LogP contribution in [0.4, 0.5) is 5.69 Å². The predicted octanol–water partition coefficient (Wildman–Crippen LogP) is 4.23. The molecule has 1 N–H and O–H groups in total. The van der Waals surface area contributed by atoms with Gasteiger partial charge in [-0.05, 0) is 37.6 Å². The minimum absolute atomic E-state index is 0.268. The number of aromatic nitrogens is 1. The molecule has 3 aromatic rings. The van der Waals surface area contributed by atoms with Gasteiger partial charge in [0.2, 0.25) is 0 Å². The maximum Gasteiger partial charge on any atom is 0.262 e. The summed E-state index contributed by atoms with van der Waals surface area (Å²) in [5, 5.41) is 2.88. The molecule has 0 atom stereocenters. The summed E-state index contributed by atoms with van der Waals surface area (Å²) in [6.45, 7) is 3.71. The Morgan fingerprint density at radius 3 is 2.43 bits per heavy atom. The average molecular weight is 344 g/mol. The highest BCUT2D eigenvalue weighted by Gasteiger charge is 2.18. The minimum atomic E-state index is -3.64. The third kappa shape index (κ3) is 3.43. The van der Waals surface area contributed by atoms with Gasteiger partial charge in [0.15, 0.2) is 0 Å². The van der Waals surface area contributed by atoms with E-state index >= 15 is 0 Å². The normalized spacial score (nSPS) is 11.4. The van der Waals surface area contributed by atoms with Crippen molar-refractivity contribution in [3.63, 3.8) is 0 Å². The number of benzene rings is 2. The molecular formula is C17H16N2O2S2. The quantitative estimate of drug-likeness (QED) is 0.770. The second kappa shape index (κ2) is 6.14. The number of aryl methyl sites for hydroxylation is 2. The molecule has 23 heavy (non-hydrogen) atoms. The molecule has 6 heteroatoms. The van der Waals surface area contributed by atoms with E-state index < -0.39 is 10.0 Å². The highest BCUT2D eigenvalue weighted by Crippen LogP contribution is 2.27. The molecule has 0 aliphatic heterocycles. The summed E-state index contributed by atoms with van der Waals surface area (Å²) in [7, 11) is -3.64. The van der Waals surface area contributed by atoms with Crippen molar-refractivity contribution < 1.29 is 8.42 Å². The number of rotatable bonds is 4. The number of hydrogen-bond acceptors (Lipinski definition) is 4. The molecule has 0 aliphatic rings. The molecule has 0 aliphatic carbocycles. The summed E-state index contributed by atoms with van der Waals surface area (Å²) in [5.74, 6) is 0. The zero-order valence-electron chi connectivity index (χ0n) is 12.8. The van der Waals surface area contributed by atoms with Gasteiger partial charge >= 0.3 is 0 Å².